The molecule has 5 aromatic rings. The van der Waals surface area contributed by atoms with E-state index in [2.05, 4.69) is 118 Å². The fourth-order valence-electron chi connectivity index (χ4n) is 4.77. The lowest BCUT2D eigenvalue weighted by atomic mass is 10.2. The molecule has 148 valence electrons. The Morgan fingerprint density at radius 3 is 2.06 bits per heavy atom. The van der Waals surface area contributed by atoms with Gasteiger partial charge >= 0.3 is 0 Å². The highest BCUT2D eigenvalue weighted by Gasteiger charge is 2.51. The Morgan fingerprint density at radius 1 is 0.645 bits per heavy atom. The first-order valence-corrected chi connectivity index (χ1v) is 12.2. The van der Waals surface area contributed by atoms with Gasteiger partial charge in [-0.2, -0.15) is 10.2 Å². The van der Waals surface area contributed by atoms with Gasteiger partial charge in [0.05, 0.1) is 6.54 Å². The quantitative estimate of drug-likeness (QED) is 0.381. The van der Waals surface area contributed by atoms with Gasteiger partial charge in [-0.25, -0.2) is 0 Å². The molecule has 1 aliphatic heterocycles. The van der Waals surface area contributed by atoms with Crippen LogP contribution in [0, 0.1) is 0 Å². The van der Waals surface area contributed by atoms with Crippen molar-refractivity contribution in [1.29, 1.82) is 0 Å². The summed E-state index contributed by atoms with van der Waals surface area (Å²) in [6.07, 6.45) is 2.04. The van der Waals surface area contributed by atoms with Gasteiger partial charge in [-0.3, -0.25) is 0 Å². The van der Waals surface area contributed by atoms with E-state index in [1.54, 1.807) is 0 Å². The molecule has 1 aromatic heterocycles. The molecule has 2 heterocycles. The lowest BCUT2D eigenvalue weighted by Gasteiger charge is -2.28. The van der Waals surface area contributed by atoms with E-state index >= 15 is 0 Å². The van der Waals surface area contributed by atoms with Crippen molar-refractivity contribution in [1.82, 2.24) is 4.98 Å². The predicted octanol–water partition coefficient (Wildman–Crippen LogP) is 5.38. The van der Waals surface area contributed by atoms with Gasteiger partial charge in [0.2, 0.25) is 0 Å². The van der Waals surface area contributed by atoms with Crippen LogP contribution in [0.3, 0.4) is 0 Å². The molecule has 0 radical (unpaired) electrons. The Labute approximate surface area is 181 Å². The van der Waals surface area contributed by atoms with Gasteiger partial charge in [-0.15, -0.1) is 0 Å². The zero-order valence-electron chi connectivity index (χ0n) is 16.9. The van der Waals surface area contributed by atoms with Crippen molar-refractivity contribution in [2.75, 3.05) is 0 Å². The van der Waals surface area contributed by atoms with Crippen LogP contribution in [0.2, 0.25) is 0 Å². The van der Waals surface area contributed by atoms with Crippen LogP contribution in [0.15, 0.2) is 120 Å². The molecule has 0 atom stereocenters. The van der Waals surface area contributed by atoms with Crippen LogP contribution in [-0.4, -0.2) is 4.98 Å². The molecule has 0 saturated carbocycles. The summed E-state index contributed by atoms with van der Waals surface area (Å²) in [5.41, 5.74) is 3.40. The first-order valence-electron chi connectivity index (χ1n) is 10.5. The molecule has 0 spiro atoms. The highest BCUT2D eigenvalue weighted by atomic mass is 31.2. The van der Waals surface area contributed by atoms with Gasteiger partial charge in [-0.05, 0) is 48.5 Å². The maximum atomic E-state index is 4.65. The summed E-state index contributed by atoms with van der Waals surface area (Å²) in [6.45, 7) is 0.654. The van der Waals surface area contributed by atoms with Gasteiger partial charge in [-0.1, -0.05) is 54.6 Å². The van der Waals surface area contributed by atoms with Crippen LogP contribution in [-0.2, 0) is 6.54 Å². The number of fused-ring (bicyclic) bond motifs is 2. The van der Waals surface area contributed by atoms with Gasteiger partial charge in [0.25, 0.3) is 0 Å². The number of aromatic amines is 1. The van der Waals surface area contributed by atoms with Crippen molar-refractivity contribution in [3.8, 4) is 0 Å². The molecule has 6 rings (SSSR count). The Hall–Kier alpha value is -3.55. The van der Waals surface area contributed by atoms with E-state index in [0.717, 1.165) is 11.2 Å². The molecule has 4 heteroatoms. The molecule has 31 heavy (non-hydrogen) atoms. The number of nitrogens with one attached hydrogen (secondary N) is 1. The lowest BCUT2D eigenvalue weighted by molar-refractivity contribution is 1.04. The SMILES string of the molecule is c1ccc([P+](c2ccccc2)(c2cccc3c2N=NC3)c2cccc3[nH]ccc23)cc1. The summed E-state index contributed by atoms with van der Waals surface area (Å²) in [6, 6.07) is 37.3. The summed E-state index contributed by atoms with van der Waals surface area (Å²) in [7, 11) is -2.23. The number of nitrogens with zero attached hydrogens (tertiary/aromatic N) is 2. The normalized spacial score (nSPS) is 12.9. The molecule has 0 unspecified atom stereocenters. The molecule has 1 aliphatic rings. The maximum Gasteiger partial charge on any atom is 0.147 e. The first kappa shape index (κ1) is 18.2. The second kappa shape index (κ2) is 7.30. The number of hydrogen-bond donors (Lipinski definition) is 1. The minimum Gasteiger partial charge on any atom is -0.361 e. The van der Waals surface area contributed by atoms with Crippen molar-refractivity contribution < 1.29 is 0 Å². The Balaban J connectivity index is 1.84. The van der Waals surface area contributed by atoms with Gasteiger partial charge in [0, 0.05) is 22.7 Å². The minimum absolute atomic E-state index is 0.654. The summed E-state index contributed by atoms with van der Waals surface area (Å²) in [5.74, 6) is 0. The highest BCUT2D eigenvalue weighted by molar-refractivity contribution is 8.02. The van der Waals surface area contributed by atoms with Crippen LogP contribution in [0.4, 0.5) is 5.69 Å². The third-order valence-electron chi connectivity index (χ3n) is 6.09. The Bertz CT molecular complexity index is 1370. The van der Waals surface area contributed by atoms with Crippen LogP contribution in [0.25, 0.3) is 10.9 Å². The Kier molecular flexibility index (Phi) is 4.29. The van der Waals surface area contributed by atoms with Crippen LogP contribution >= 0.6 is 7.26 Å². The average molecular weight is 418 g/mol. The summed E-state index contributed by atoms with van der Waals surface area (Å²) in [5, 5.41) is 15.6. The molecule has 4 aromatic carbocycles. The fraction of sp³-hybridized carbons (Fsp3) is 0.0370. The number of azo groups is 1. The van der Waals surface area contributed by atoms with E-state index in [0.29, 0.717) is 6.54 Å². The number of benzene rings is 4. The van der Waals surface area contributed by atoms with Crippen molar-refractivity contribution in [2.24, 2.45) is 10.2 Å². The molecule has 0 aliphatic carbocycles. The second-order valence-corrected chi connectivity index (χ2v) is 11.1. The van der Waals surface area contributed by atoms with E-state index in [9.17, 15) is 0 Å². The van der Waals surface area contributed by atoms with Gasteiger partial charge < -0.3 is 4.98 Å². The summed E-state index contributed by atoms with van der Waals surface area (Å²) >= 11 is 0. The molecule has 1 N–H and O–H groups in total. The van der Waals surface area contributed by atoms with Gasteiger partial charge in [0.1, 0.15) is 34.2 Å². The zero-order chi connectivity index (χ0) is 20.7. The number of rotatable bonds is 4. The van der Waals surface area contributed by atoms with Crippen LogP contribution < -0.4 is 21.2 Å². The van der Waals surface area contributed by atoms with Crippen molar-refractivity contribution in [3.63, 3.8) is 0 Å². The molecule has 0 bridgehead atoms. The molecule has 3 nitrogen and oxygen atoms in total. The van der Waals surface area contributed by atoms with E-state index < -0.39 is 7.26 Å². The first-order chi connectivity index (χ1) is 15.4. The standard InChI is InChI=1S/C27H21N3P/c1-3-10-21(11-4-1)31(22-12-5-2-6-13-22,25-15-8-14-24-23(25)17-18-28-24)26-16-7-9-20-19-29-30-27(20)26/h1-18,28H,19H2/q+1. The topological polar surface area (TPSA) is 40.5 Å². The van der Waals surface area contributed by atoms with E-state index in [1.165, 1.54) is 32.2 Å². The van der Waals surface area contributed by atoms with E-state index in [4.69, 9.17) is 0 Å². The highest BCUT2D eigenvalue weighted by Crippen LogP contribution is 2.58. The van der Waals surface area contributed by atoms with Crippen LogP contribution in [0.5, 0.6) is 0 Å². The molecule has 0 fully saturated rings. The zero-order valence-corrected chi connectivity index (χ0v) is 17.8. The van der Waals surface area contributed by atoms with Gasteiger partial charge in [0.15, 0.2) is 0 Å². The summed E-state index contributed by atoms with van der Waals surface area (Å²) < 4.78 is 0. The van der Waals surface area contributed by atoms with E-state index in [1.807, 2.05) is 6.20 Å². The largest absolute Gasteiger partial charge is 0.361 e. The van der Waals surface area contributed by atoms with E-state index in [-0.39, 0.29) is 0 Å². The molecule has 0 saturated heterocycles. The molecular weight excluding hydrogens is 397 g/mol. The monoisotopic (exact) mass is 418 g/mol. The average Bonchev–Trinajstić information content (AvgIpc) is 3.51. The second-order valence-electron chi connectivity index (χ2n) is 7.74. The minimum atomic E-state index is -2.23. The van der Waals surface area contributed by atoms with Crippen molar-refractivity contribution in [3.05, 3.63) is 115 Å². The number of H-pyrrole nitrogens is 1. The van der Waals surface area contributed by atoms with Crippen molar-refractivity contribution >= 4 is 45.1 Å². The number of aromatic nitrogens is 1. The molecule has 0 amide bonds. The third-order valence-corrected chi connectivity index (χ3v) is 10.4. The predicted molar refractivity (Wildman–Crippen MR) is 131 cm³/mol. The van der Waals surface area contributed by atoms with Crippen molar-refractivity contribution in [2.45, 2.75) is 6.54 Å². The lowest BCUT2D eigenvalue weighted by Crippen LogP contribution is -2.39. The van der Waals surface area contributed by atoms with Crippen LogP contribution in [0.1, 0.15) is 5.56 Å². The third kappa shape index (κ3) is 2.71. The molecular formula is C27H21N3P+. The number of hydrogen-bond acceptors (Lipinski definition) is 2. The smallest absolute Gasteiger partial charge is 0.147 e. The fourth-order valence-corrected chi connectivity index (χ4v) is 9.36. The Morgan fingerprint density at radius 2 is 1.32 bits per heavy atom. The summed E-state index contributed by atoms with van der Waals surface area (Å²) in [4.78, 5) is 3.41. The maximum absolute atomic E-state index is 4.65.